The van der Waals surface area contributed by atoms with Gasteiger partial charge in [-0.1, -0.05) is 54.2 Å². The van der Waals surface area contributed by atoms with Crippen LogP contribution in [-0.2, 0) is 0 Å². The molecule has 2 aromatic heterocycles. The molecule has 0 atom stereocenters. The number of benzene rings is 3. The number of hydrogen-bond donors (Lipinski definition) is 2. The fraction of sp³-hybridized carbons (Fsp3) is 0.0435. The second-order valence-electron chi connectivity index (χ2n) is 6.55. The van der Waals surface area contributed by atoms with Crippen molar-refractivity contribution in [2.75, 3.05) is 12.4 Å². The van der Waals surface area contributed by atoms with Crippen LogP contribution in [0.2, 0.25) is 0 Å². The van der Waals surface area contributed by atoms with E-state index in [1.54, 1.807) is 18.9 Å². The number of nitrogens with zero attached hydrogens (tertiary/aromatic N) is 2. The molecule has 3 aromatic carbocycles. The van der Waals surface area contributed by atoms with Crippen LogP contribution in [0.4, 0.5) is 11.6 Å². The summed E-state index contributed by atoms with van der Waals surface area (Å²) >= 11 is 1.60. The normalized spacial score (nSPS) is 11.1. The molecule has 142 valence electrons. The molecule has 0 radical (unpaired) electrons. The standard InChI is InChI=1S/C23H18N4OS/c1-28-16-8-6-9-17(14-16)29-21-13-15-7-2-3-10-18(15)22(24-21)25-23-19-11-4-5-12-20(19)26-27-23/h2-14H,1H3,(H2,24,25,26,27). The Hall–Kier alpha value is -3.51. The lowest BCUT2D eigenvalue weighted by Gasteiger charge is -2.11. The number of rotatable bonds is 5. The first kappa shape index (κ1) is 17.6. The van der Waals surface area contributed by atoms with Crippen molar-refractivity contribution >= 4 is 45.1 Å². The van der Waals surface area contributed by atoms with Crippen molar-refractivity contribution in [3.8, 4) is 5.75 Å². The smallest absolute Gasteiger partial charge is 0.161 e. The topological polar surface area (TPSA) is 62.8 Å². The van der Waals surface area contributed by atoms with Gasteiger partial charge in [0.15, 0.2) is 5.82 Å². The molecule has 0 unspecified atom stereocenters. The zero-order chi connectivity index (χ0) is 19.6. The molecule has 0 fully saturated rings. The Balaban J connectivity index is 1.57. The van der Waals surface area contributed by atoms with E-state index in [9.17, 15) is 0 Å². The summed E-state index contributed by atoms with van der Waals surface area (Å²) in [5.74, 6) is 2.38. The molecule has 29 heavy (non-hydrogen) atoms. The van der Waals surface area contributed by atoms with Crippen LogP contribution in [-0.4, -0.2) is 22.3 Å². The monoisotopic (exact) mass is 398 g/mol. The summed E-state index contributed by atoms with van der Waals surface area (Å²) in [4.78, 5) is 5.96. The van der Waals surface area contributed by atoms with Crippen LogP contribution in [0.5, 0.6) is 5.75 Å². The zero-order valence-corrected chi connectivity index (χ0v) is 16.5. The predicted octanol–water partition coefficient (Wildman–Crippen LogP) is 6.01. The largest absolute Gasteiger partial charge is 0.497 e. The Morgan fingerprint density at radius 2 is 1.69 bits per heavy atom. The Labute approximate surface area is 172 Å². The number of hydrogen-bond acceptors (Lipinski definition) is 5. The van der Waals surface area contributed by atoms with Gasteiger partial charge in [0.05, 0.1) is 12.6 Å². The van der Waals surface area contributed by atoms with Crippen LogP contribution in [0.15, 0.2) is 88.8 Å². The van der Waals surface area contributed by atoms with Crippen LogP contribution < -0.4 is 10.1 Å². The molecule has 6 heteroatoms. The number of nitrogens with one attached hydrogen (secondary N) is 2. The van der Waals surface area contributed by atoms with Gasteiger partial charge in [0.25, 0.3) is 0 Å². The van der Waals surface area contributed by atoms with E-state index in [0.717, 1.165) is 49.0 Å². The number of fused-ring (bicyclic) bond motifs is 2. The summed E-state index contributed by atoms with van der Waals surface area (Å²) < 4.78 is 5.34. The van der Waals surface area contributed by atoms with E-state index in [0.29, 0.717) is 0 Å². The maximum Gasteiger partial charge on any atom is 0.161 e. The van der Waals surface area contributed by atoms with Crippen molar-refractivity contribution in [3.63, 3.8) is 0 Å². The van der Waals surface area contributed by atoms with Gasteiger partial charge < -0.3 is 10.1 Å². The lowest BCUT2D eigenvalue weighted by atomic mass is 10.1. The fourth-order valence-corrected chi connectivity index (χ4v) is 4.16. The quantitative estimate of drug-likeness (QED) is 0.379. The number of H-pyrrole nitrogens is 1. The highest BCUT2D eigenvalue weighted by Crippen LogP contribution is 2.34. The molecule has 0 saturated carbocycles. The average molecular weight is 398 g/mol. The van der Waals surface area contributed by atoms with Gasteiger partial charge in [-0.05, 0) is 41.8 Å². The maximum atomic E-state index is 5.34. The molecule has 0 aliphatic rings. The minimum atomic E-state index is 0.766. The molecule has 0 amide bonds. The third-order valence-electron chi connectivity index (χ3n) is 4.69. The van der Waals surface area contributed by atoms with Gasteiger partial charge in [0.2, 0.25) is 0 Å². The van der Waals surface area contributed by atoms with Crippen molar-refractivity contribution in [2.24, 2.45) is 0 Å². The van der Waals surface area contributed by atoms with Crippen LogP contribution in [0, 0.1) is 0 Å². The molecular weight excluding hydrogens is 380 g/mol. The number of ether oxygens (including phenoxy) is 1. The molecule has 0 aliphatic heterocycles. The summed E-state index contributed by atoms with van der Waals surface area (Å²) in [5, 5.41) is 15.0. The third kappa shape index (κ3) is 3.50. The fourth-order valence-electron chi connectivity index (χ4n) is 3.28. The molecule has 0 spiro atoms. The first-order valence-corrected chi connectivity index (χ1v) is 10.0. The number of pyridine rings is 1. The van der Waals surface area contributed by atoms with Crippen molar-refractivity contribution in [2.45, 2.75) is 9.92 Å². The summed E-state index contributed by atoms with van der Waals surface area (Å²) in [6.07, 6.45) is 0. The van der Waals surface area contributed by atoms with Gasteiger partial charge in [-0.25, -0.2) is 4.98 Å². The van der Waals surface area contributed by atoms with Gasteiger partial charge in [0.1, 0.15) is 16.6 Å². The van der Waals surface area contributed by atoms with Crippen molar-refractivity contribution in [3.05, 3.63) is 78.9 Å². The average Bonchev–Trinajstić information content (AvgIpc) is 3.17. The van der Waals surface area contributed by atoms with Gasteiger partial charge in [-0.2, -0.15) is 5.10 Å². The molecule has 2 heterocycles. The molecule has 5 nitrogen and oxygen atoms in total. The van der Waals surface area contributed by atoms with Crippen molar-refractivity contribution < 1.29 is 4.74 Å². The Bertz CT molecular complexity index is 1310. The van der Waals surface area contributed by atoms with Crippen LogP contribution in [0.3, 0.4) is 0 Å². The number of para-hydroxylation sites is 1. The first-order valence-electron chi connectivity index (χ1n) is 9.22. The Morgan fingerprint density at radius 1 is 0.862 bits per heavy atom. The highest BCUT2D eigenvalue weighted by Gasteiger charge is 2.11. The number of methoxy groups -OCH3 is 1. The van der Waals surface area contributed by atoms with E-state index in [1.807, 2.05) is 54.6 Å². The number of aromatic nitrogens is 3. The SMILES string of the molecule is COc1cccc(Sc2cc3ccccc3c(Nc3n[nH]c4ccccc34)n2)c1. The molecule has 0 bridgehead atoms. The number of aromatic amines is 1. The molecule has 5 rings (SSSR count). The van der Waals surface area contributed by atoms with E-state index in [1.165, 1.54) is 0 Å². The van der Waals surface area contributed by atoms with Crippen molar-refractivity contribution in [1.29, 1.82) is 0 Å². The van der Waals surface area contributed by atoms with E-state index in [2.05, 4.69) is 39.8 Å². The van der Waals surface area contributed by atoms with Gasteiger partial charge in [-0.3, -0.25) is 5.10 Å². The summed E-state index contributed by atoms with van der Waals surface area (Å²) in [5.41, 5.74) is 0.987. The number of anilines is 2. The van der Waals surface area contributed by atoms with Gasteiger partial charge in [0, 0.05) is 15.7 Å². The molecule has 0 aliphatic carbocycles. The summed E-state index contributed by atoms with van der Waals surface area (Å²) in [6.45, 7) is 0. The Kier molecular flexibility index (Phi) is 4.54. The lowest BCUT2D eigenvalue weighted by molar-refractivity contribution is 0.413. The molecular formula is C23H18N4OS. The van der Waals surface area contributed by atoms with Crippen molar-refractivity contribution in [1.82, 2.24) is 15.2 Å². The minimum Gasteiger partial charge on any atom is -0.497 e. The maximum absolute atomic E-state index is 5.34. The third-order valence-corrected chi connectivity index (χ3v) is 5.60. The van der Waals surface area contributed by atoms with E-state index in [-0.39, 0.29) is 0 Å². The van der Waals surface area contributed by atoms with Crippen LogP contribution >= 0.6 is 11.8 Å². The minimum absolute atomic E-state index is 0.766. The summed E-state index contributed by atoms with van der Waals surface area (Å²) in [6, 6.07) is 26.4. The van der Waals surface area contributed by atoms with Crippen LogP contribution in [0.1, 0.15) is 0 Å². The second kappa shape index (κ2) is 7.48. The first-order chi connectivity index (χ1) is 14.3. The zero-order valence-electron chi connectivity index (χ0n) is 15.7. The Morgan fingerprint density at radius 3 is 2.59 bits per heavy atom. The molecule has 5 aromatic rings. The summed E-state index contributed by atoms with van der Waals surface area (Å²) in [7, 11) is 1.67. The van der Waals surface area contributed by atoms with Gasteiger partial charge >= 0.3 is 0 Å². The van der Waals surface area contributed by atoms with E-state index in [4.69, 9.17) is 9.72 Å². The molecule has 0 saturated heterocycles. The lowest BCUT2D eigenvalue weighted by Crippen LogP contribution is -1.97. The highest BCUT2D eigenvalue weighted by atomic mass is 32.2. The van der Waals surface area contributed by atoms with Gasteiger partial charge in [-0.15, -0.1) is 0 Å². The highest BCUT2D eigenvalue weighted by molar-refractivity contribution is 7.99. The van der Waals surface area contributed by atoms with Crippen LogP contribution in [0.25, 0.3) is 21.7 Å². The van der Waals surface area contributed by atoms with E-state index < -0.39 is 0 Å². The molecule has 2 N–H and O–H groups in total. The second-order valence-corrected chi connectivity index (χ2v) is 7.65. The van der Waals surface area contributed by atoms with E-state index >= 15 is 0 Å². The predicted molar refractivity (Wildman–Crippen MR) is 118 cm³/mol.